The van der Waals surface area contributed by atoms with Crippen LogP contribution in [0.2, 0.25) is 0 Å². The second-order valence-corrected chi connectivity index (χ2v) is 8.45. The first-order valence-corrected chi connectivity index (χ1v) is 11.2. The van der Waals surface area contributed by atoms with Crippen molar-refractivity contribution >= 4 is 17.1 Å². The fraction of sp³-hybridized carbons (Fsp3) is 0.478. The number of nitrogens with zero attached hydrogens (tertiary/aromatic N) is 5. The van der Waals surface area contributed by atoms with Gasteiger partial charge in [0.25, 0.3) is 5.56 Å². The molecule has 10 nitrogen and oxygen atoms in total. The molecule has 0 bridgehead atoms. The van der Waals surface area contributed by atoms with Crippen molar-refractivity contribution in [2.45, 2.75) is 31.8 Å². The number of piperidine rings is 1. The van der Waals surface area contributed by atoms with Crippen LogP contribution in [0.1, 0.15) is 30.9 Å². The summed E-state index contributed by atoms with van der Waals surface area (Å²) in [6.45, 7) is 1.96. The summed E-state index contributed by atoms with van der Waals surface area (Å²) in [7, 11) is 4.86. The Bertz CT molecular complexity index is 1250. The number of aromatic nitrogens is 4. The molecule has 4 rings (SSSR count). The molecule has 1 aliphatic heterocycles. The summed E-state index contributed by atoms with van der Waals surface area (Å²) in [5.41, 5.74) is 0.584. The molecular weight excluding hydrogens is 424 g/mol. The predicted octanol–water partition coefficient (Wildman–Crippen LogP) is 0.786. The van der Waals surface area contributed by atoms with Crippen LogP contribution in [-0.2, 0) is 25.4 Å². The minimum atomic E-state index is -0.566. The number of aryl methyl sites for hydroxylation is 2. The first kappa shape index (κ1) is 22.8. The van der Waals surface area contributed by atoms with Gasteiger partial charge in [-0.3, -0.25) is 19.1 Å². The SMILES string of the molecule is COc1ccc([C@H](CNC(=O)Cn2c(=O)c3c(ncn3C)n(C)c2=O)N2CCCCC2)cc1. The molecule has 10 heteroatoms. The standard InChI is InChI=1S/C23H30N6O4/c1-26-15-25-21-20(26)22(31)29(23(32)27(21)2)14-19(30)24-13-18(28-11-5-4-6-12-28)16-7-9-17(33-3)10-8-16/h7-10,15,18H,4-6,11-14H2,1-3H3,(H,24,30)/t18-/m0/s1. The van der Waals surface area contributed by atoms with E-state index in [0.29, 0.717) is 12.2 Å². The van der Waals surface area contributed by atoms with Gasteiger partial charge in [-0.25, -0.2) is 14.3 Å². The van der Waals surface area contributed by atoms with Crippen molar-refractivity contribution in [1.82, 2.24) is 28.9 Å². The lowest BCUT2D eigenvalue weighted by molar-refractivity contribution is -0.122. The molecule has 1 aliphatic rings. The van der Waals surface area contributed by atoms with Crippen LogP contribution in [-0.4, -0.2) is 56.2 Å². The Kier molecular flexibility index (Phi) is 6.64. The van der Waals surface area contributed by atoms with Gasteiger partial charge in [0.15, 0.2) is 11.2 Å². The second-order valence-electron chi connectivity index (χ2n) is 8.45. The minimum absolute atomic E-state index is 0.000681. The number of carbonyl (C=O) groups excluding carboxylic acids is 1. The molecule has 1 saturated heterocycles. The number of methoxy groups -OCH3 is 1. The van der Waals surface area contributed by atoms with E-state index in [0.717, 1.165) is 41.8 Å². The number of likely N-dealkylation sites (tertiary alicyclic amines) is 1. The number of rotatable bonds is 7. The van der Waals surface area contributed by atoms with Gasteiger partial charge in [0.05, 0.1) is 19.5 Å². The van der Waals surface area contributed by atoms with Gasteiger partial charge in [-0.15, -0.1) is 0 Å². The zero-order valence-electron chi connectivity index (χ0n) is 19.3. The van der Waals surface area contributed by atoms with Gasteiger partial charge < -0.3 is 14.6 Å². The molecule has 33 heavy (non-hydrogen) atoms. The maximum atomic E-state index is 12.9. The molecule has 0 radical (unpaired) electrons. The average molecular weight is 455 g/mol. The number of hydrogen-bond acceptors (Lipinski definition) is 6. The Labute approximate surface area is 191 Å². The fourth-order valence-corrected chi connectivity index (χ4v) is 4.46. The van der Waals surface area contributed by atoms with Gasteiger partial charge in [0.2, 0.25) is 5.91 Å². The molecular formula is C23H30N6O4. The van der Waals surface area contributed by atoms with Gasteiger partial charge in [0, 0.05) is 20.6 Å². The third kappa shape index (κ3) is 4.56. The number of carbonyl (C=O) groups is 1. The van der Waals surface area contributed by atoms with Crippen molar-refractivity contribution in [2.75, 3.05) is 26.7 Å². The summed E-state index contributed by atoms with van der Waals surface area (Å²) in [6.07, 6.45) is 4.93. The summed E-state index contributed by atoms with van der Waals surface area (Å²) in [5.74, 6) is 0.396. The van der Waals surface area contributed by atoms with E-state index in [9.17, 15) is 14.4 Å². The largest absolute Gasteiger partial charge is 0.497 e. The lowest BCUT2D eigenvalue weighted by Crippen LogP contribution is -2.45. The van der Waals surface area contributed by atoms with E-state index in [1.54, 1.807) is 25.8 Å². The quantitative estimate of drug-likeness (QED) is 0.566. The molecule has 1 amide bonds. The molecule has 0 unspecified atom stereocenters. The third-order valence-corrected chi connectivity index (χ3v) is 6.33. The Morgan fingerprint density at radius 3 is 2.48 bits per heavy atom. The second kappa shape index (κ2) is 9.62. The van der Waals surface area contributed by atoms with Gasteiger partial charge in [-0.05, 0) is 43.6 Å². The number of fused-ring (bicyclic) bond motifs is 1. The number of ether oxygens (including phenoxy) is 1. The summed E-state index contributed by atoms with van der Waals surface area (Å²) < 4.78 is 9.08. The van der Waals surface area contributed by atoms with Crippen molar-refractivity contribution < 1.29 is 9.53 Å². The van der Waals surface area contributed by atoms with Crippen molar-refractivity contribution in [3.05, 3.63) is 57.0 Å². The maximum Gasteiger partial charge on any atom is 0.332 e. The lowest BCUT2D eigenvalue weighted by Gasteiger charge is -2.35. The summed E-state index contributed by atoms with van der Waals surface area (Å²) >= 11 is 0. The molecule has 2 aromatic heterocycles. The van der Waals surface area contributed by atoms with Crippen molar-refractivity contribution in [1.29, 1.82) is 0 Å². The Balaban J connectivity index is 1.53. The van der Waals surface area contributed by atoms with Crippen molar-refractivity contribution in [3.8, 4) is 5.75 Å². The predicted molar refractivity (Wildman–Crippen MR) is 124 cm³/mol. The zero-order chi connectivity index (χ0) is 23.5. The van der Waals surface area contributed by atoms with E-state index < -0.39 is 11.2 Å². The smallest absolute Gasteiger partial charge is 0.332 e. The number of nitrogens with one attached hydrogen (secondary N) is 1. The summed E-state index contributed by atoms with van der Waals surface area (Å²) in [4.78, 5) is 44.9. The highest BCUT2D eigenvalue weighted by Gasteiger charge is 2.24. The van der Waals surface area contributed by atoms with Gasteiger partial charge in [-0.1, -0.05) is 18.6 Å². The fourth-order valence-electron chi connectivity index (χ4n) is 4.46. The number of hydrogen-bond donors (Lipinski definition) is 1. The number of benzene rings is 1. The van der Waals surface area contributed by atoms with Crippen LogP contribution in [0.3, 0.4) is 0 Å². The topological polar surface area (TPSA) is 103 Å². The van der Waals surface area contributed by atoms with Crippen LogP contribution in [0.15, 0.2) is 40.2 Å². The minimum Gasteiger partial charge on any atom is -0.497 e. The van der Waals surface area contributed by atoms with E-state index in [4.69, 9.17) is 4.74 Å². The van der Waals surface area contributed by atoms with Crippen LogP contribution in [0.4, 0.5) is 0 Å². The molecule has 3 heterocycles. The molecule has 0 spiro atoms. The highest BCUT2D eigenvalue weighted by Crippen LogP contribution is 2.25. The van der Waals surface area contributed by atoms with Crippen LogP contribution < -0.4 is 21.3 Å². The van der Waals surface area contributed by atoms with E-state index in [1.807, 2.05) is 24.3 Å². The van der Waals surface area contributed by atoms with E-state index in [2.05, 4.69) is 15.2 Å². The van der Waals surface area contributed by atoms with E-state index >= 15 is 0 Å². The van der Waals surface area contributed by atoms with E-state index in [1.165, 1.54) is 17.3 Å². The van der Waals surface area contributed by atoms with E-state index in [-0.39, 0.29) is 24.0 Å². The molecule has 0 saturated carbocycles. The molecule has 1 fully saturated rings. The molecule has 1 N–H and O–H groups in total. The zero-order valence-corrected chi connectivity index (χ0v) is 19.3. The average Bonchev–Trinajstić information content (AvgIpc) is 3.23. The molecule has 1 aromatic carbocycles. The van der Waals surface area contributed by atoms with Crippen LogP contribution in [0, 0.1) is 0 Å². The Morgan fingerprint density at radius 1 is 1.12 bits per heavy atom. The van der Waals surface area contributed by atoms with Gasteiger partial charge in [-0.2, -0.15) is 0 Å². The molecule has 1 atom stereocenters. The maximum absolute atomic E-state index is 12.9. The number of imidazole rings is 1. The normalized spacial score (nSPS) is 15.5. The highest BCUT2D eigenvalue weighted by molar-refractivity contribution is 5.76. The van der Waals surface area contributed by atoms with Crippen LogP contribution in [0.5, 0.6) is 5.75 Å². The molecule has 176 valence electrons. The number of amides is 1. The van der Waals surface area contributed by atoms with Crippen LogP contribution >= 0.6 is 0 Å². The molecule has 0 aliphatic carbocycles. The summed E-state index contributed by atoms with van der Waals surface area (Å²) in [6, 6.07) is 7.86. The van der Waals surface area contributed by atoms with Crippen molar-refractivity contribution in [3.63, 3.8) is 0 Å². The van der Waals surface area contributed by atoms with Gasteiger partial charge in [0.1, 0.15) is 12.3 Å². The first-order valence-electron chi connectivity index (χ1n) is 11.2. The highest BCUT2D eigenvalue weighted by atomic mass is 16.5. The van der Waals surface area contributed by atoms with Crippen LogP contribution in [0.25, 0.3) is 11.2 Å². The lowest BCUT2D eigenvalue weighted by atomic mass is 10.0. The monoisotopic (exact) mass is 454 g/mol. The Hall–Kier alpha value is -3.40. The molecule has 3 aromatic rings. The third-order valence-electron chi connectivity index (χ3n) is 6.33. The van der Waals surface area contributed by atoms with Gasteiger partial charge >= 0.3 is 5.69 Å². The summed E-state index contributed by atoms with van der Waals surface area (Å²) in [5, 5.41) is 2.94. The van der Waals surface area contributed by atoms with Crippen molar-refractivity contribution in [2.24, 2.45) is 14.1 Å². The Morgan fingerprint density at radius 2 is 1.82 bits per heavy atom. The first-order chi connectivity index (χ1) is 15.9.